The summed E-state index contributed by atoms with van der Waals surface area (Å²) in [7, 11) is 0. The summed E-state index contributed by atoms with van der Waals surface area (Å²) in [6.07, 6.45) is 0.618. The number of benzene rings is 2. The van der Waals surface area contributed by atoms with Crippen LogP contribution in [-0.4, -0.2) is 11.2 Å². The summed E-state index contributed by atoms with van der Waals surface area (Å²) in [5.41, 5.74) is 1.13. The Balaban J connectivity index is 1.97. The van der Waals surface area contributed by atoms with Crippen molar-refractivity contribution in [2.45, 2.75) is 18.9 Å². The highest BCUT2D eigenvalue weighted by Gasteiger charge is 2.17. The van der Waals surface area contributed by atoms with Crippen LogP contribution in [0.3, 0.4) is 0 Å². The number of hydrogen-bond donors (Lipinski definition) is 1. The molecule has 0 bridgehead atoms. The van der Waals surface area contributed by atoms with Crippen molar-refractivity contribution in [3.05, 3.63) is 66.0 Å². The quantitative estimate of drug-likeness (QED) is 0.822. The van der Waals surface area contributed by atoms with Crippen molar-refractivity contribution in [3.8, 4) is 5.75 Å². The SMILES string of the molecule is O=C(S)C(CCc1ccccc1)Oc1ccc(F)cc1. The molecule has 0 fully saturated rings. The molecule has 2 rings (SSSR count). The van der Waals surface area contributed by atoms with Crippen LogP contribution in [0.2, 0.25) is 0 Å². The maximum Gasteiger partial charge on any atom is 0.226 e. The Labute approximate surface area is 123 Å². The number of rotatable bonds is 6. The summed E-state index contributed by atoms with van der Waals surface area (Å²) in [6, 6.07) is 15.4. The summed E-state index contributed by atoms with van der Waals surface area (Å²) in [5.74, 6) is 0.127. The van der Waals surface area contributed by atoms with Gasteiger partial charge in [0, 0.05) is 0 Å². The fourth-order valence-corrected chi connectivity index (χ4v) is 2.03. The first kappa shape index (κ1) is 14.6. The minimum absolute atomic E-state index is 0.328. The van der Waals surface area contributed by atoms with Crippen molar-refractivity contribution in [1.29, 1.82) is 0 Å². The van der Waals surface area contributed by atoms with Gasteiger partial charge >= 0.3 is 0 Å². The number of thiol groups is 1. The third-order valence-electron chi connectivity index (χ3n) is 2.91. The van der Waals surface area contributed by atoms with Gasteiger partial charge in [-0.15, -0.1) is 12.6 Å². The lowest BCUT2D eigenvalue weighted by Crippen LogP contribution is -2.24. The van der Waals surface area contributed by atoms with E-state index in [1.165, 1.54) is 24.3 Å². The average Bonchev–Trinajstić information content (AvgIpc) is 2.46. The average molecular weight is 290 g/mol. The molecule has 0 heterocycles. The highest BCUT2D eigenvalue weighted by atomic mass is 32.1. The third-order valence-corrected chi connectivity index (χ3v) is 3.19. The maximum atomic E-state index is 12.8. The summed E-state index contributed by atoms with van der Waals surface area (Å²) >= 11 is 3.85. The van der Waals surface area contributed by atoms with Gasteiger partial charge in [0.05, 0.1) is 0 Å². The molecular formula is C16H15FO2S. The van der Waals surface area contributed by atoms with E-state index in [0.717, 1.165) is 12.0 Å². The molecule has 0 amide bonds. The Morgan fingerprint density at radius 1 is 1.10 bits per heavy atom. The molecule has 0 aliphatic carbocycles. The second kappa shape index (κ2) is 7.10. The minimum atomic E-state index is -0.635. The van der Waals surface area contributed by atoms with Crippen LogP contribution in [0.15, 0.2) is 54.6 Å². The van der Waals surface area contributed by atoms with Gasteiger partial charge in [-0.25, -0.2) is 4.39 Å². The van der Waals surface area contributed by atoms with Crippen LogP contribution < -0.4 is 4.74 Å². The van der Waals surface area contributed by atoms with E-state index in [9.17, 15) is 9.18 Å². The van der Waals surface area contributed by atoms with Crippen molar-refractivity contribution in [2.75, 3.05) is 0 Å². The largest absolute Gasteiger partial charge is 0.482 e. The zero-order valence-corrected chi connectivity index (χ0v) is 11.7. The van der Waals surface area contributed by atoms with E-state index in [1.807, 2.05) is 30.3 Å². The zero-order chi connectivity index (χ0) is 14.4. The molecule has 0 radical (unpaired) electrons. The van der Waals surface area contributed by atoms with Gasteiger partial charge < -0.3 is 4.74 Å². The molecule has 0 aliphatic rings. The van der Waals surface area contributed by atoms with E-state index in [0.29, 0.717) is 12.2 Å². The molecule has 2 nitrogen and oxygen atoms in total. The second-order valence-electron chi connectivity index (χ2n) is 4.42. The molecule has 2 aromatic rings. The highest BCUT2D eigenvalue weighted by molar-refractivity contribution is 7.96. The van der Waals surface area contributed by atoms with Gasteiger partial charge in [0.1, 0.15) is 11.6 Å². The Bertz CT molecular complexity index is 554. The Kier molecular flexibility index (Phi) is 5.18. The van der Waals surface area contributed by atoms with Crippen LogP contribution in [-0.2, 0) is 11.2 Å². The molecular weight excluding hydrogens is 275 g/mol. The Morgan fingerprint density at radius 2 is 1.75 bits per heavy atom. The molecule has 20 heavy (non-hydrogen) atoms. The van der Waals surface area contributed by atoms with Crippen molar-refractivity contribution < 1.29 is 13.9 Å². The Hall–Kier alpha value is -1.81. The van der Waals surface area contributed by atoms with Crippen molar-refractivity contribution in [1.82, 2.24) is 0 Å². The van der Waals surface area contributed by atoms with E-state index < -0.39 is 6.10 Å². The summed E-state index contributed by atoms with van der Waals surface area (Å²) < 4.78 is 18.4. The number of ether oxygens (including phenoxy) is 1. The van der Waals surface area contributed by atoms with Crippen molar-refractivity contribution >= 4 is 17.7 Å². The first-order valence-electron chi connectivity index (χ1n) is 6.34. The molecule has 0 N–H and O–H groups in total. The lowest BCUT2D eigenvalue weighted by atomic mass is 10.1. The van der Waals surface area contributed by atoms with Crippen LogP contribution in [0.5, 0.6) is 5.75 Å². The predicted molar refractivity (Wildman–Crippen MR) is 79.6 cm³/mol. The van der Waals surface area contributed by atoms with Gasteiger partial charge in [0.2, 0.25) is 5.12 Å². The van der Waals surface area contributed by atoms with E-state index in [4.69, 9.17) is 4.74 Å². The number of halogens is 1. The molecule has 2 aromatic carbocycles. The topological polar surface area (TPSA) is 26.3 Å². The van der Waals surface area contributed by atoms with Crippen LogP contribution >= 0.6 is 12.6 Å². The highest BCUT2D eigenvalue weighted by Crippen LogP contribution is 2.17. The lowest BCUT2D eigenvalue weighted by molar-refractivity contribution is -0.117. The molecule has 0 spiro atoms. The van der Waals surface area contributed by atoms with Crippen LogP contribution in [0, 0.1) is 5.82 Å². The summed E-state index contributed by atoms with van der Waals surface area (Å²) in [6.45, 7) is 0. The van der Waals surface area contributed by atoms with E-state index in [-0.39, 0.29) is 10.9 Å². The first-order chi connectivity index (χ1) is 9.65. The summed E-state index contributed by atoms with van der Waals surface area (Å²) in [5, 5.41) is -0.328. The van der Waals surface area contributed by atoms with Crippen LogP contribution in [0.25, 0.3) is 0 Å². The van der Waals surface area contributed by atoms with E-state index >= 15 is 0 Å². The normalized spacial score (nSPS) is 11.9. The van der Waals surface area contributed by atoms with Crippen molar-refractivity contribution in [3.63, 3.8) is 0 Å². The van der Waals surface area contributed by atoms with Gasteiger partial charge in [0.15, 0.2) is 6.10 Å². The molecule has 104 valence electrons. The van der Waals surface area contributed by atoms with Gasteiger partial charge in [-0.2, -0.15) is 0 Å². The third kappa shape index (κ3) is 4.38. The van der Waals surface area contributed by atoms with E-state index in [2.05, 4.69) is 12.6 Å². The molecule has 1 atom stereocenters. The Morgan fingerprint density at radius 3 is 2.35 bits per heavy atom. The maximum absolute atomic E-state index is 12.8. The number of carbonyl (C=O) groups excluding carboxylic acids is 1. The zero-order valence-electron chi connectivity index (χ0n) is 10.8. The molecule has 0 aliphatic heterocycles. The predicted octanol–water partition coefficient (Wildman–Crippen LogP) is 3.66. The first-order valence-corrected chi connectivity index (χ1v) is 6.79. The smallest absolute Gasteiger partial charge is 0.226 e. The number of carbonyl (C=O) groups is 1. The molecule has 0 saturated heterocycles. The summed E-state index contributed by atoms with van der Waals surface area (Å²) in [4.78, 5) is 11.5. The number of aryl methyl sites for hydroxylation is 1. The number of hydrogen-bond acceptors (Lipinski definition) is 2. The standard InChI is InChI=1S/C16H15FO2S/c17-13-7-9-14(10-8-13)19-15(16(18)20)11-6-12-4-2-1-3-5-12/h1-5,7-10,15H,6,11H2,(H,18,20). The lowest BCUT2D eigenvalue weighted by Gasteiger charge is -2.16. The fourth-order valence-electron chi connectivity index (χ4n) is 1.85. The van der Waals surface area contributed by atoms with Gasteiger partial charge in [-0.05, 0) is 42.7 Å². The van der Waals surface area contributed by atoms with Crippen molar-refractivity contribution in [2.24, 2.45) is 0 Å². The van der Waals surface area contributed by atoms with Gasteiger partial charge in [-0.3, -0.25) is 4.79 Å². The molecule has 0 saturated carbocycles. The monoisotopic (exact) mass is 290 g/mol. The van der Waals surface area contributed by atoms with Gasteiger partial charge in [0.25, 0.3) is 0 Å². The van der Waals surface area contributed by atoms with Crippen LogP contribution in [0.1, 0.15) is 12.0 Å². The van der Waals surface area contributed by atoms with E-state index in [1.54, 1.807) is 0 Å². The molecule has 1 unspecified atom stereocenters. The molecule has 4 heteroatoms. The second-order valence-corrected chi connectivity index (χ2v) is 4.86. The fraction of sp³-hybridized carbons (Fsp3) is 0.188. The van der Waals surface area contributed by atoms with Gasteiger partial charge in [-0.1, -0.05) is 30.3 Å². The molecule has 0 aromatic heterocycles. The van der Waals surface area contributed by atoms with Crippen LogP contribution in [0.4, 0.5) is 4.39 Å². The minimum Gasteiger partial charge on any atom is -0.482 e.